The molecule has 0 spiro atoms. The summed E-state index contributed by atoms with van der Waals surface area (Å²) in [6.45, 7) is 0.0317. The second kappa shape index (κ2) is 5.42. The van der Waals surface area contributed by atoms with Gasteiger partial charge >= 0.3 is 12.1 Å². The molecule has 2 aromatic carbocycles. The van der Waals surface area contributed by atoms with E-state index in [1.807, 2.05) is 0 Å². The van der Waals surface area contributed by atoms with Crippen LogP contribution in [0.15, 0.2) is 47.7 Å². The lowest BCUT2D eigenvalue weighted by molar-refractivity contribution is -0.139. The van der Waals surface area contributed by atoms with Gasteiger partial charge in [-0.25, -0.2) is 4.79 Å². The summed E-state index contributed by atoms with van der Waals surface area (Å²) in [7, 11) is 0. The largest absolute Gasteiger partial charge is 0.456 e. The lowest BCUT2D eigenvalue weighted by atomic mass is 9.79. The summed E-state index contributed by atoms with van der Waals surface area (Å²) in [4.78, 5) is 12.3. The standard InChI is InChI=1S/C19H12F3NO4/c20-19(21,22)11-4-2-1-3-9(11)16-10-5-14-15(27-8-26-14)6-12(10)23-13-7-25-18(24)17(13)16/h1-6,16,23H,7-8H2. The Morgan fingerprint density at radius 1 is 1.00 bits per heavy atom. The number of alkyl halides is 3. The van der Waals surface area contributed by atoms with Crippen molar-refractivity contribution in [2.75, 3.05) is 18.7 Å². The Hall–Kier alpha value is -3.16. The highest BCUT2D eigenvalue weighted by atomic mass is 19.4. The molecule has 3 aliphatic rings. The number of halogens is 3. The molecule has 5 nitrogen and oxygen atoms in total. The fraction of sp³-hybridized carbons (Fsp3) is 0.211. The second-order valence-corrected chi connectivity index (χ2v) is 6.40. The highest BCUT2D eigenvalue weighted by molar-refractivity contribution is 5.97. The van der Waals surface area contributed by atoms with Crippen molar-refractivity contribution in [1.82, 2.24) is 0 Å². The van der Waals surface area contributed by atoms with Crippen LogP contribution in [0.2, 0.25) is 0 Å². The Kier molecular flexibility index (Phi) is 3.22. The van der Waals surface area contributed by atoms with Crippen LogP contribution in [0.25, 0.3) is 0 Å². The van der Waals surface area contributed by atoms with Gasteiger partial charge in [0.2, 0.25) is 6.79 Å². The zero-order chi connectivity index (χ0) is 18.8. The van der Waals surface area contributed by atoms with Gasteiger partial charge in [-0.15, -0.1) is 0 Å². The van der Waals surface area contributed by atoms with Gasteiger partial charge in [0.15, 0.2) is 11.5 Å². The molecule has 0 aromatic heterocycles. The molecule has 138 valence electrons. The molecule has 0 saturated heterocycles. The van der Waals surface area contributed by atoms with Crippen LogP contribution in [0.1, 0.15) is 22.6 Å². The van der Waals surface area contributed by atoms with E-state index in [1.165, 1.54) is 18.2 Å². The van der Waals surface area contributed by atoms with Gasteiger partial charge in [0.05, 0.1) is 16.8 Å². The number of esters is 1. The van der Waals surface area contributed by atoms with Crippen LogP contribution in [-0.2, 0) is 15.7 Å². The summed E-state index contributed by atoms with van der Waals surface area (Å²) in [5, 5.41) is 3.09. The highest BCUT2D eigenvalue weighted by Crippen LogP contribution is 2.50. The molecule has 27 heavy (non-hydrogen) atoms. The smallest absolute Gasteiger partial charge is 0.416 e. The number of carbonyl (C=O) groups is 1. The minimum Gasteiger partial charge on any atom is -0.456 e. The molecule has 0 amide bonds. The molecule has 5 rings (SSSR count). The van der Waals surface area contributed by atoms with Crippen molar-refractivity contribution in [3.8, 4) is 11.5 Å². The average molecular weight is 375 g/mol. The van der Waals surface area contributed by atoms with Crippen molar-refractivity contribution in [2.24, 2.45) is 0 Å². The van der Waals surface area contributed by atoms with E-state index in [4.69, 9.17) is 14.2 Å². The number of hydrogen-bond donors (Lipinski definition) is 1. The molecular weight excluding hydrogens is 363 g/mol. The quantitative estimate of drug-likeness (QED) is 0.769. The molecule has 2 aromatic rings. The Balaban J connectivity index is 1.77. The van der Waals surface area contributed by atoms with E-state index < -0.39 is 23.6 Å². The summed E-state index contributed by atoms with van der Waals surface area (Å²) in [5.74, 6) is -0.611. The lowest BCUT2D eigenvalue weighted by Gasteiger charge is -2.29. The third kappa shape index (κ3) is 2.36. The number of nitrogens with one attached hydrogen (secondary N) is 1. The van der Waals surface area contributed by atoms with Crippen LogP contribution >= 0.6 is 0 Å². The van der Waals surface area contributed by atoms with Gasteiger partial charge < -0.3 is 19.5 Å². The zero-order valence-corrected chi connectivity index (χ0v) is 13.7. The van der Waals surface area contributed by atoms with E-state index in [0.717, 1.165) is 6.07 Å². The van der Waals surface area contributed by atoms with Gasteiger partial charge in [0.1, 0.15) is 6.61 Å². The van der Waals surface area contributed by atoms with Crippen LogP contribution in [0.4, 0.5) is 18.9 Å². The first-order valence-electron chi connectivity index (χ1n) is 8.20. The van der Waals surface area contributed by atoms with Gasteiger partial charge in [0.25, 0.3) is 0 Å². The van der Waals surface area contributed by atoms with Crippen molar-refractivity contribution in [3.05, 3.63) is 64.4 Å². The number of ether oxygens (including phenoxy) is 3. The summed E-state index contributed by atoms with van der Waals surface area (Å²) in [6, 6.07) is 8.56. The van der Waals surface area contributed by atoms with Crippen LogP contribution < -0.4 is 14.8 Å². The van der Waals surface area contributed by atoms with E-state index in [1.54, 1.807) is 12.1 Å². The van der Waals surface area contributed by atoms with Crippen LogP contribution in [0.5, 0.6) is 11.5 Å². The van der Waals surface area contributed by atoms with Crippen LogP contribution in [-0.4, -0.2) is 19.4 Å². The van der Waals surface area contributed by atoms with Crippen molar-refractivity contribution in [1.29, 1.82) is 0 Å². The lowest BCUT2D eigenvalue weighted by Crippen LogP contribution is -2.22. The summed E-state index contributed by atoms with van der Waals surface area (Å²) in [6.07, 6.45) is -4.55. The predicted octanol–water partition coefficient (Wildman–Crippen LogP) is 3.80. The predicted molar refractivity (Wildman–Crippen MR) is 87.5 cm³/mol. The summed E-state index contributed by atoms with van der Waals surface area (Å²) >= 11 is 0. The van der Waals surface area contributed by atoms with Crippen molar-refractivity contribution in [2.45, 2.75) is 12.1 Å². The molecule has 1 unspecified atom stereocenters. The Labute approximate surface area is 151 Å². The van der Waals surface area contributed by atoms with Gasteiger partial charge in [-0.05, 0) is 23.3 Å². The Morgan fingerprint density at radius 2 is 1.74 bits per heavy atom. The molecule has 3 aliphatic heterocycles. The SMILES string of the molecule is O=C1OCC2=C1C(c1ccccc1C(F)(F)F)c1cc3c(cc1N2)OCO3. The topological polar surface area (TPSA) is 56.8 Å². The van der Waals surface area contributed by atoms with Crippen molar-refractivity contribution in [3.63, 3.8) is 0 Å². The molecule has 0 aliphatic carbocycles. The van der Waals surface area contributed by atoms with E-state index in [9.17, 15) is 18.0 Å². The van der Waals surface area contributed by atoms with Gasteiger partial charge in [-0.2, -0.15) is 13.2 Å². The monoisotopic (exact) mass is 375 g/mol. The average Bonchev–Trinajstić information content (AvgIpc) is 3.24. The maximum absolute atomic E-state index is 13.6. The molecular formula is C19H12F3NO4. The molecule has 8 heteroatoms. The maximum Gasteiger partial charge on any atom is 0.416 e. The van der Waals surface area contributed by atoms with Crippen molar-refractivity contribution >= 4 is 11.7 Å². The number of anilines is 1. The maximum atomic E-state index is 13.6. The third-order valence-electron chi connectivity index (χ3n) is 4.90. The first-order chi connectivity index (χ1) is 12.9. The summed E-state index contributed by atoms with van der Waals surface area (Å²) < 4.78 is 56.8. The van der Waals surface area contributed by atoms with Crippen LogP contribution in [0, 0.1) is 0 Å². The number of benzene rings is 2. The van der Waals surface area contributed by atoms with E-state index in [0.29, 0.717) is 28.4 Å². The number of carbonyl (C=O) groups excluding carboxylic acids is 1. The first kappa shape index (κ1) is 16.0. The molecule has 0 saturated carbocycles. The fourth-order valence-electron chi connectivity index (χ4n) is 3.76. The normalized spacial score (nSPS) is 20.1. The zero-order valence-electron chi connectivity index (χ0n) is 13.7. The third-order valence-corrected chi connectivity index (χ3v) is 4.90. The molecule has 1 atom stereocenters. The number of hydrogen-bond acceptors (Lipinski definition) is 5. The number of fused-ring (bicyclic) bond motifs is 2. The number of cyclic esters (lactones) is 1. The van der Waals surface area contributed by atoms with Crippen molar-refractivity contribution < 1.29 is 32.2 Å². The minimum absolute atomic E-state index is 0.00188. The van der Waals surface area contributed by atoms with Gasteiger partial charge in [-0.3, -0.25) is 0 Å². The minimum atomic E-state index is -4.55. The van der Waals surface area contributed by atoms with E-state index >= 15 is 0 Å². The molecule has 0 fully saturated rings. The summed E-state index contributed by atoms with van der Waals surface area (Å²) in [5.41, 5.74) is 0.947. The molecule has 3 heterocycles. The Morgan fingerprint density at radius 3 is 2.52 bits per heavy atom. The fourth-order valence-corrected chi connectivity index (χ4v) is 3.76. The Bertz CT molecular complexity index is 1010. The second-order valence-electron chi connectivity index (χ2n) is 6.40. The molecule has 1 N–H and O–H groups in total. The van der Waals surface area contributed by atoms with Gasteiger partial charge in [-0.1, -0.05) is 18.2 Å². The van der Waals surface area contributed by atoms with E-state index in [-0.39, 0.29) is 24.5 Å². The first-order valence-corrected chi connectivity index (χ1v) is 8.20. The number of rotatable bonds is 1. The van der Waals surface area contributed by atoms with E-state index in [2.05, 4.69) is 5.32 Å². The highest BCUT2D eigenvalue weighted by Gasteiger charge is 2.43. The van der Waals surface area contributed by atoms with Gasteiger partial charge in [0, 0.05) is 17.7 Å². The molecule has 0 radical (unpaired) electrons. The molecule has 0 bridgehead atoms. The van der Waals surface area contributed by atoms with Crippen LogP contribution in [0.3, 0.4) is 0 Å².